The largest absolute Gasteiger partial charge is 0.393 e. The van der Waals surface area contributed by atoms with Gasteiger partial charge in [-0.2, -0.15) is 0 Å². The van der Waals surface area contributed by atoms with Crippen molar-refractivity contribution in [1.29, 1.82) is 0 Å². The van der Waals surface area contributed by atoms with Crippen LogP contribution in [0.3, 0.4) is 0 Å². The maximum atomic E-state index is 13.3. The Kier molecular flexibility index (Phi) is 4.64. The summed E-state index contributed by atoms with van der Waals surface area (Å²) in [6.07, 6.45) is 4.32. The zero-order valence-electron chi connectivity index (χ0n) is 15.1. The van der Waals surface area contributed by atoms with E-state index in [-0.39, 0.29) is 17.9 Å². The number of rotatable bonds is 3. The number of carbonyl (C=O) groups excluding carboxylic acids is 1. The zero-order valence-corrected chi connectivity index (χ0v) is 15.1. The first-order valence-electron chi connectivity index (χ1n) is 9.43. The number of hydrogen-bond acceptors (Lipinski definition) is 4. The molecule has 3 heterocycles. The van der Waals surface area contributed by atoms with Crippen molar-refractivity contribution >= 4 is 17.4 Å². The molecule has 5 nitrogen and oxygen atoms in total. The summed E-state index contributed by atoms with van der Waals surface area (Å²) in [6.45, 7) is 4.17. The van der Waals surface area contributed by atoms with E-state index in [1.54, 1.807) is 6.20 Å². The Labute approximate surface area is 154 Å². The van der Waals surface area contributed by atoms with Gasteiger partial charge in [0.05, 0.1) is 11.7 Å². The number of fused-ring (bicyclic) bond motifs is 1. The molecule has 0 saturated carbocycles. The summed E-state index contributed by atoms with van der Waals surface area (Å²) in [6, 6.07) is 11.8. The van der Waals surface area contributed by atoms with Crippen LogP contribution in [0.25, 0.3) is 0 Å². The van der Waals surface area contributed by atoms with E-state index >= 15 is 0 Å². The Hall–Kier alpha value is -2.40. The first kappa shape index (κ1) is 17.0. The van der Waals surface area contributed by atoms with E-state index < -0.39 is 0 Å². The number of nitrogens with zero attached hydrogens (tertiary/aromatic N) is 3. The molecule has 2 aliphatic heterocycles. The van der Waals surface area contributed by atoms with Gasteiger partial charge < -0.3 is 14.9 Å². The minimum atomic E-state index is -0.342. The monoisotopic (exact) mass is 351 g/mol. The molecule has 0 radical (unpaired) electrons. The van der Waals surface area contributed by atoms with Crippen molar-refractivity contribution in [3.63, 3.8) is 0 Å². The lowest BCUT2D eigenvalue weighted by atomic mass is 9.93. The molecular formula is C21H25N3O2. The number of aliphatic hydroxyl groups is 1. The molecule has 1 N–H and O–H groups in total. The van der Waals surface area contributed by atoms with E-state index in [1.165, 1.54) is 5.56 Å². The number of pyridine rings is 1. The van der Waals surface area contributed by atoms with E-state index in [0.717, 1.165) is 43.9 Å². The number of piperidine rings is 1. The molecule has 2 aromatic rings. The van der Waals surface area contributed by atoms with E-state index in [0.29, 0.717) is 12.1 Å². The molecule has 1 fully saturated rings. The summed E-state index contributed by atoms with van der Waals surface area (Å²) in [4.78, 5) is 21.9. The van der Waals surface area contributed by atoms with Crippen molar-refractivity contribution in [3.8, 4) is 0 Å². The number of hydrogen-bond donors (Lipinski definition) is 1. The predicted octanol–water partition coefficient (Wildman–Crippen LogP) is 2.88. The molecule has 136 valence electrons. The average Bonchev–Trinajstić information content (AvgIpc) is 3.11. The van der Waals surface area contributed by atoms with Gasteiger partial charge in [-0.05, 0) is 49.9 Å². The van der Waals surface area contributed by atoms with Crippen molar-refractivity contribution in [2.24, 2.45) is 5.92 Å². The quantitative estimate of drug-likeness (QED) is 0.924. The highest BCUT2D eigenvalue weighted by Gasteiger charge is 2.30. The Morgan fingerprint density at radius 2 is 2.08 bits per heavy atom. The minimum absolute atomic E-state index is 0.0113. The number of aromatic nitrogens is 1. The van der Waals surface area contributed by atoms with Crippen LogP contribution in [-0.2, 0) is 6.42 Å². The zero-order chi connectivity index (χ0) is 18.1. The summed E-state index contributed by atoms with van der Waals surface area (Å²) in [5.74, 6) is 0.977. The van der Waals surface area contributed by atoms with Crippen LogP contribution in [0, 0.1) is 5.92 Å². The topological polar surface area (TPSA) is 56.7 Å². The van der Waals surface area contributed by atoms with Crippen LogP contribution in [0.4, 0.5) is 11.5 Å². The molecule has 1 saturated heterocycles. The Bertz CT molecular complexity index is 805. The second-order valence-corrected chi connectivity index (χ2v) is 7.30. The van der Waals surface area contributed by atoms with Crippen LogP contribution in [0.1, 0.15) is 35.7 Å². The van der Waals surface area contributed by atoms with Gasteiger partial charge in [0, 0.05) is 37.4 Å². The first-order chi connectivity index (χ1) is 12.6. The van der Waals surface area contributed by atoms with Crippen LogP contribution in [0.2, 0.25) is 0 Å². The summed E-state index contributed by atoms with van der Waals surface area (Å²) >= 11 is 0. The maximum Gasteiger partial charge on any atom is 0.262 e. The number of anilines is 2. The molecule has 2 aliphatic rings. The van der Waals surface area contributed by atoms with Gasteiger partial charge in [0.25, 0.3) is 5.91 Å². The number of amides is 1. The second-order valence-electron chi connectivity index (χ2n) is 7.30. The molecule has 5 heteroatoms. The third-order valence-electron chi connectivity index (χ3n) is 5.59. The Balaban J connectivity index is 1.63. The van der Waals surface area contributed by atoms with Gasteiger partial charge in [-0.15, -0.1) is 0 Å². The lowest BCUT2D eigenvalue weighted by Crippen LogP contribution is -2.41. The summed E-state index contributed by atoms with van der Waals surface area (Å²) in [5.41, 5.74) is 2.88. The van der Waals surface area contributed by atoms with Crippen molar-refractivity contribution in [1.82, 2.24) is 4.98 Å². The molecular weight excluding hydrogens is 326 g/mol. The van der Waals surface area contributed by atoms with Crippen molar-refractivity contribution in [3.05, 3.63) is 53.7 Å². The lowest BCUT2D eigenvalue weighted by Gasteiger charge is -2.36. The third kappa shape index (κ3) is 3.07. The molecule has 26 heavy (non-hydrogen) atoms. The highest BCUT2D eigenvalue weighted by molar-refractivity contribution is 6.10. The predicted molar refractivity (Wildman–Crippen MR) is 103 cm³/mol. The van der Waals surface area contributed by atoms with Crippen LogP contribution in [0.5, 0.6) is 0 Å². The first-order valence-corrected chi connectivity index (χ1v) is 9.43. The SMILES string of the molecule is CC(O)C1CCCN(c2ncccc2C(=O)N2CCc3ccccc32)C1. The Morgan fingerprint density at radius 3 is 2.92 bits per heavy atom. The van der Waals surface area contributed by atoms with Gasteiger partial charge in [0.1, 0.15) is 5.82 Å². The van der Waals surface area contributed by atoms with E-state index in [9.17, 15) is 9.90 Å². The smallest absolute Gasteiger partial charge is 0.262 e. The lowest BCUT2D eigenvalue weighted by molar-refractivity contribution is 0.0989. The van der Waals surface area contributed by atoms with Crippen LogP contribution < -0.4 is 9.80 Å². The molecule has 0 spiro atoms. The van der Waals surface area contributed by atoms with Crippen molar-refractivity contribution in [2.75, 3.05) is 29.4 Å². The number of carbonyl (C=O) groups is 1. The molecule has 2 atom stereocenters. The number of aliphatic hydroxyl groups excluding tert-OH is 1. The van der Waals surface area contributed by atoms with Gasteiger partial charge >= 0.3 is 0 Å². The molecule has 4 rings (SSSR count). The van der Waals surface area contributed by atoms with E-state index in [2.05, 4.69) is 16.0 Å². The highest BCUT2D eigenvalue weighted by Crippen LogP contribution is 2.32. The van der Waals surface area contributed by atoms with E-state index in [4.69, 9.17) is 0 Å². The summed E-state index contributed by atoms with van der Waals surface area (Å²) in [5, 5.41) is 9.98. The maximum absolute atomic E-state index is 13.3. The van der Waals surface area contributed by atoms with E-state index in [1.807, 2.05) is 42.2 Å². The van der Waals surface area contributed by atoms with Gasteiger partial charge in [-0.25, -0.2) is 4.98 Å². The molecule has 1 aromatic heterocycles. The minimum Gasteiger partial charge on any atom is -0.393 e. The fourth-order valence-electron chi connectivity index (χ4n) is 4.11. The third-order valence-corrected chi connectivity index (χ3v) is 5.59. The van der Waals surface area contributed by atoms with Crippen LogP contribution >= 0.6 is 0 Å². The summed E-state index contributed by atoms with van der Waals surface area (Å²) in [7, 11) is 0. The number of benzene rings is 1. The van der Waals surface area contributed by atoms with Crippen LogP contribution in [0.15, 0.2) is 42.6 Å². The van der Waals surface area contributed by atoms with Gasteiger partial charge in [0.2, 0.25) is 0 Å². The van der Waals surface area contributed by atoms with Crippen molar-refractivity contribution in [2.45, 2.75) is 32.3 Å². The highest BCUT2D eigenvalue weighted by atomic mass is 16.3. The number of para-hydroxylation sites is 1. The standard InChI is InChI=1S/C21H25N3O2/c1-15(25)17-7-5-12-23(14-17)20-18(8-4-11-22-20)21(26)24-13-10-16-6-2-3-9-19(16)24/h2-4,6,8-9,11,15,17,25H,5,7,10,12-14H2,1H3. The van der Waals surface area contributed by atoms with Crippen molar-refractivity contribution < 1.29 is 9.90 Å². The van der Waals surface area contributed by atoms with Gasteiger partial charge in [-0.1, -0.05) is 18.2 Å². The second kappa shape index (κ2) is 7.08. The molecule has 1 amide bonds. The molecule has 2 unspecified atom stereocenters. The fourth-order valence-corrected chi connectivity index (χ4v) is 4.11. The van der Waals surface area contributed by atoms with Crippen LogP contribution in [-0.4, -0.2) is 41.7 Å². The summed E-state index contributed by atoms with van der Waals surface area (Å²) < 4.78 is 0. The molecule has 1 aromatic carbocycles. The molecule has 0 bridgehead atoms. The average molecular weight is 351 g/mol. The normalized spacial score (nSPS) is 20.8. The van der Waals surface area contributed by atoms with Gasteiger partial charge in [-0.3, -0.25) is 4.79 Å². The fraction of sp³-hybridized carbons (Fsp3) is 0.429. The Morgan fingerprint density at radius 1 is 1.23 bits per heavy atom. The molecule has 0 aliphatic carbocycles. The van der Waals surface area contributed by atoms with Gasteiger partial charge in [0.15, 0.2) is 0 Å².